The Hall–Kier alpha value is -1.84. The molecule has 0 aliphatic heterocycles. The molecule has 0 atom stereocenters. The van der Waals surface area contributed by atoms with Crippen LogP contribution in [0, 0.1) is 0 Å². The van der Waals surface area contributed by atoms with Crippen LogP contribution in [0.1, 0.15) is 5.56 Å². The van der Waals surface area contributed by atoms with Gasteiger partial charge < -0.3 is 10.6 Å². The predicted octanol–water partition coefficient (Wildman–Crippen LogP) is 0.893. The Morgan fingerprint density at radius 3 is 2.60 bits per heavy atom. The summed E-state index contributed by atoms with van der Waals surface area (Å²) in [6, 6.07) is 7.72. The number of likely N-dealkylation sites (N-methyl/N-ethyl adjacent to an activating group) is 1. The molecule has 1 rings (SSSR count). The number of hydrogen-bond acceptors (Lipinski definition) is 3. The third-order valence-electron chi connectivity index (χ3n) is 1.92. The molecule has 1 amide bonds. The van der Waals surface area contributed by atoms with E-state index in [0.29, 0.717) is 0 Å². The first kappa shape index (κ1) is 11.2. The third kappa shape index (κ3) is 3.81. The first-order chi connectivity index (χ1) is 7.26. The highest BCUT2D eigenvalue weighted by molar-refractivity contribution is 5.82. The summed E-state index contributed by atoms with van der Waals surface area (Å²) in [6.07, 6.45) is 1.78. The van der Waals surface area contributed by atoms with Crippen molar-refractivity contribution in [2.45, 2.75) is 0 Å². The van der Waals surface area contributed by atoms with Crippen LogP contribution in [0.2, 0.25) is 0 Å². The van der Waals surface area contributed by atoms with Crippen LogP contribution in [-0.4, -0.2) is 32.8 Å². The molecule has 0 radical (unpaired) electrons. The fraction of sp³-hybridized carbons (Fsp3) is 0.273. The second-order valence-electron chi connectivity index (χ2n) is 3.04. The predicted molar refractivity (Wildman–Crippen MR) is 62.5 cm³/mol. The van der Waals surface area contributed by atoms with Gasteiger partial charge >= 0.3 is 0 Å². The van der Waals surface area contributed by atoms with E-state index in [9.17, 15) is 4.79 Å². The topological polar surface area (TPSA) is 53.5 Å². The number of hydrogen-bond donors (Lipinski definition) is 2. The quantitative estimate of drug-likeness (QED) is 0.717. The lowest BCUT2D eigenvalue weighted by molar-refractivity contribution is -0.118. The second kappa shape index (κ2) is 5.80. The molecular formula is C11H15N3O. The lowest BCUT2D eigenvalue weighted by atomic mass is 10.2. The molecule has 0 spiro atoms. The summed E-state index contributed by atoms with van der Waals surface area (Å²) in [6.45, 7) is 0.289. The zero-order chi connectivity index (χ0) is 11.1. The van der Waals surface area contributed by atoms with Crippen molar-refractivity contribution in [2.75, 3.05) is 26.0 Å². The van der Waals surface area contributed by atoms with Gasteiger partial charge in [-0.15, -0.1) is 0 Å². The molecule has 4 nitrogen and oxygen atoms in total. The van der Waals surface area contributed by atoms with Gasteiger partial charge in [0.2, 0.25) is 5.91 Å². The number of rotatable bonds is 4. The number of nitrogens with one attached hydrogen (secondary N) is 2. The van der Waals surface area contributed by atoms with Crippen molar-refractivity contribution in [3.05, 3.63) is 29.8 Å². The maximum atomic E-state index is 11.0. The molecule has 4 heteroatoms. The Balaban J connectivity index is 2.53. The molecule has 0 saturated heterocycles. The van der Waals surface area contributed by atoms with Crippen molar-refractivity contribution in [1.82, 2.24) is 5.32 Å². The monoisotopic (exact) mass is 205 g/mol. The lowest BCUT2D eigenvalue weighted by Crippen LogP contribution is -2.26. The number of aliphatic imine (C=N–C) groups is 1. The summed E-state index contributed by atoms with van der Waals surface area (Å²) in [5.74, 6) is -0.0332. The average molecular weight is 205 g/mol. The molecule has 0 saturated carbocycles. The molecule has 0 heterocycles. The molecular weight excluding hydrogens is 190 g/mol. The third-order valence-corrected chi connectivity index (χ3v) is 1.92. The van der Waals surface area contributed by atoms with Gasteiger partial charge in [0.1, 0.15) is 0 Å². The first-order valence-electron chi connectivity index (χ1n) is 4.73. The van der Waals surface area contributed by atoms with Crippen LogP contribution < -0.4 is 10.6 Å². The largest absolute Gasteiger partial charge is 0.376 e. The molecule has 15 heavy (non-hydrogen) atoms. The van der Waals surface area contributed by atoms with E-state index in [1.807, 2.05) is 24.3 Å². The Kier molecular flexibility index (Phi) is 4.34. The van der Waals surface area contributed by atoms with E-state index < -0.39 is 0 Å². The lowest BCUT2D eigenvalue weighted by Gasteiger charge is -2.05. The van der Waals surface area contributed by atoms with Crippen LogP contribution >= 0.6 is 0 Å². The number of nitrogens with zero attached hydrogens (tertiary/aromatic N) is 1. The Morgan fingerprint density at radius 2 is 2.07 bits per heavy atom. The summed E-state index contributed by atoms with van der Waals surface area (Å²) in [5.41, 5.74) is 1.97. The van der Waals surface area contributed by atoms with Gasteiger partial charge in [-0.2, -0.15) is 0 Å². The van der Waals surface area contributed by atoms with E-state index in [1.54, 1.807) is 20.3 Å². The normalized spacial score (nSPS) is 10.3. The van der Waals surface area contributed by atoms with Crippen molar-refractivity contribution in [1.29, 1.82) is 0 Å². The minimum atomic E-state index is -0.0332. The summed E-state index contributed by atoms with van der Waals surface area (Å²) >= 11 is 0. The number of amides is 1. The first-order valence-corrected chi connectivity index (χ1v) is 4.73. The number of anilines is 1. The molecule has 0 bridgehead atoms. The van der Waals surface area contributed by atoms with E-state index >= 15 is 0 Å². The standard InChI is InChI=1S/C11H15N3O/c1-12-7-9-3-5-10(6-4-9)14-8-11(15)13-2/h3-7,14H,8H2,1-2H3,(H,13,15)/b12-7-. The molecule has 2 N–H and O–H groups in total. The SMILES string of the molecule is C/N=C\c1ccc(NCC(=O)NC)cc1. The van der Waals surface area contributed by atoms with Crippen molar-refractivity contribution in [2.24, 2.45) is 4.99 Å². The fourth-order valence-electron chi connectivity index (χ4n) is 1.11. The van der Waals surface area contributed by atoms with Gasteiger partial charge in [-0.3, -0.25) is 9.79 Å². The average Bonchev–Trinajstić information content (AvgIpc) is 2.28. The summed E-state index contributed by atoms with van der Waals surface area (Å²) in [7, 11) is 3.35. The molecule has 0 fully saturated rings. The highest BCUT2D eigenvalue weighted by Gasteiger charge is 1.96. The van der Waals surface area contributed by atoms with E-state index in [1.165, 1.54) is 0 Å². The number of carbonyl (C=O) groups is 1. The molecule has 1 aromatic rings. The molecule has 0 aliphatic rings. The van der Waals surface area contributed by atoms with E-state index in [4.69, 9.17) is 0 Å². The van der Waals surface area contributed by atoms with Crippen LogP contribution in [0.15, 0.2) is 29.3 Å². The molecule has 0 aliphatic carbocycles. The molecule has 0 aromatic heterocycles. The highest BCUT2D eigenvalue weighted by atomic mass is 16.1. The Labute approximate surface area is 89.4 Å². The van der Waals surface area contributed by atoms with Crippen molar-refractivity contribution in [3.8, 4) is 0 Å². The van der Waals surface area contributed by atoms with Crippen molar-refractivity contribution in [3.63, 3.8) is 0 Å². The van der Waals surface area contributed by atoms with Crippen LogP contribution in [0.3, 0.4) is 0 Å². The summed E-state index contributed by atoms with van der Waals surface area (Å²) in [4.78, 5) is 14.9. The van der Waals surface area contributed by atoms with Gasteiger partial charge in [0.05, 0.1) is 6.54 Å². The van der Waals surface area contributed by atoms with Crippen molar-refractivity contribution >= 4 is 17.8 Å². The van der Waals surface area contributed by atoms with E-state index in [-0.39, 0.29) is 12.5 Å². The highest BCUT2D eigenvalue weighted by Crippen LogP contribution is 2.07. The Morgan fingerprint density at radius 1 is 1.40 bits per heavy atom. The molecule has 80 valence electrons. The van der Waals surface area contributed by atoms with Crippen LogP contribution in [0.5, 0.6) is 0 Å². The van der Waals surface area contributed by atoms with Gasteiger partial charge in [0.15, 0.2) is 0 Å². The van der Waals surface area contributed by atoms with Gasteiger partial charge in [0.25, 0.3) is 0 Å². The number of carbonyl (C=O) groups excluding carboxylic acids is 1. The minimum Gasteiger partial charge on any atom is -0.376 e. The minimum absolute atomic E-state index is 0.0332. The van der Waals surface area contributed by atoms with Crippen LogP contribution in [-0.2, 0) is 4.79 Å². The van der Waals surface area contributed by atoms with Crippen molar-refractivity contribution < 1.29 is 4.79 Å². The molecule has 0 unspecified atom stereocenters. The van der Waals surface area contributed by atoms with E-state index in [2.05, 4.69) is 15.6 Å². The maximum absolute atomic E-state index is 11.0. The van der Waals surface area contributed by atoms with Gasteiger partial charge in [-0.1, -0.05) is 12.1 Å². The van der Waals surface area contributed by atoms with Crippen LogP contribution in [0.4, 0.5) is 5.69 Å². The van der Waals surface area contributed by atoms with Gasteiger partial charge in [-0.25, -0.2) is 0 Å². The zero-order valence-electron chi connectivity index (χ0n) is 8.95. The smallest absolute Gasteiger partial charge is 0.239 e. The fourth-order valence-corrected chi connectivity index (χ4v) is 1.11. The zero-order valence-corrected chi connectivity index (χ0v) is 8.95. The second-order valence-corrected chi connectivity index (χ2v) is 3.04. The van der Waals surface area contributed by atoms with Gasteiger partial charge in [-0.05, 0) is 17.7 Å². The molecule has 1 aromatic carbocycles. The Bertz CT molecular complexity index is 343. The summed E-state index contributed by atoms with van der Waals surface area (Å²) in [5, 5.41) is 5.55. The number of benzene rings is 1. The maximum Gasteiger partial charge on any atom is 0.239 e. The summed E-state index contributed by atoms with van der Waals surface area (Å²) < 4.78 is 0. The van der Waals surface area contributed by atoms with E-state index in [0.717, 1.165) is 11.3 Å². The van der Waals surface area contributed by atoms with Crippen LogP contribution in [0.25, 0.3) is 0 Å². The van der Waals surface area contributed by atoms with Gasteiger partial charge in [0, 0.05) is 26.0 Å².